The van der Waals surface area contributed by atoms with Crippen molar-refractivity contribution in [1.82, 2.24) is 10.3 Å². The number of nitrogens with one attached hydrogen (secondary N) is 2. The van der Waals surface area contributed by atoms with Gasteiger partial charge in [0.05, 0.1) is 12.0 Å². The number of anilines is 1. The minimum atomic E-state index is -4.38. The summed E-state index contributed by atoms with van der Waals surface area (Å²) in [6, 6.07) is 9.04. The summed E-state index contributed by atoms with van der Waals surface area (Å²) >= 11 is 0. The Bertz CT molecular complexity index is 697. The zero-order chi connectivity index (χ0) is 17.2. The molecule has 128 valence electrons. The molecule has 1 aliphatic rings. The van der Waals surface area contributed by atoms with Crippen LogP contribution in [0.3, 0.4) is 0 Å². The van der Waals surface area contributed by atoms with Gasteiger partial charge in [0.2, 0.25) is 5.91 Å². The van der Waals surface area contributed by atoms with Gasteiger partial charge >= 0.3 is 6.18 Å². The Morgan fingerprint density at radius 1 is 1.25 bits per heavy atom. The molecule has 2 N–H and O–H groups in total. The topological polar surface area (TPSA) is 48.1 Å². The Hall–Kier alpha value is -2.44. The Morgan fingerprint density at radius 3 is 2.75 bits per heavy atom. The van der Waals surface area contributed by atoms with Crippen LogP contribution in [0, 0.1) is 0 Å². The molecule has 4 nitrogen and oxygen atoms in total. The standard InChI is InChI=1S/C17H18F3N3O/c18-17(19,20)14-5-1-2-6-15(14)23-9-7-13(11-23)22-16(24)10-12-4-3-8-21-12/h1-6,8,13,21H,7,9-11H2,(H,22,24). The van der Waals surface area contributed by atoms with E-state index in [1.807, 2.05) is 12.1 Å². The lowest BCUT2D eigenvalue weighted by atomic mass is 10.1. The fraction of sp³-hybridized carbons (Fsp3) is 0.353. The number of H-pyrrole nitrogens is 1. The fourth-order valence-corrected chi connectivity index (χ4v) is 3.02. The minimum absolute atomic E-state index is 0.131. The van der Waals surface area contributed by atoms with Gasteiger partial charge in [-0.2, -0.15) is 13.2 Å². The lowest BCUT2D eigenvalue weighted by Gasteiger charge is -2.23. The van der Waals surface area contributed by atoms with Gasteiger partial charge in [-0.3, -0.25) is 4.79 Å². The van der Waals surface area contributed by atoms with Gasteiger partial charge in [-0.1, -0.05) is 12.1 Å². The summed E-state index contributed by atoms with van der Waals surface area (Å²) in [5.41, 5.74) is 0.347. The first kappa shape index (κ1) is 16.4. The van der Waals surface area contributed by atoms with Gasteiger partial charge in [-0.05, 0) is 30.7 Å². The molecule has 7 heteroatoms. The highest BCUT2D eigenvalue weighted by molar-refractivity contribution is 5.78. The van der Waals surface area contributed by atoms with Crippen molar-refractivity contribution >= 4 is 11.6 Å². The molecule has 3 rings (SSSR count). The van der Waals surface area contributed by atoms with Crippen molar-refractivity contribution in [2.24, 2.45) is 0 Å². The molecule has 1 amide bonds. The number of benzene rings is 1. The fourth-order valence-electron chi connectivity index (χ4n) is 3.02. The summed E-state index contributed by atoms with van der Waals surface area (Å²) < 4.78 is 39.4. The molecular formula is C17H18F3N3O. The molecule has 24 heavy (non-hydrogen) atoms. The number of halogens is 3. The molecule has 0 aliphatic carbocycles. The molecule has 0 spiro atoms. The number of hydrogen-bond donors (Lipinski definition) is 2. The van der Waals surface area contributed by atoms with Crippen molar-refractivity contribution in [2.75, 3.05) is 18.0 Å². The van der Waals surface area contributed by atoms with E-state index in [-0.39, 0.29) is 24.1 Å². The zero-order valence-electron chi connectivity index (χ0n) is 12.9. The van der Waals surface area contributed by atoms with Crippen molar-refractivity contribution in [2.45, 2.75) is 25.1 Å². The summed E-state index contributed by atoms with van der Waals surface area (Å²) in [4.78, 5) is 16.6. The second-order valence-corrected chi connectivity index (χ2v) is 5.89. The molecule has 0 saturated carbocycles. The highest BCUT2D eigenvalue weighted by atomic mass is 19.4. The molecule has 2 heterocycles. The number of alkyl halides is 3. The zero-order valence-corrected chi connectivity index (χ0v) is 12.9. The normalized spacial score (nSPS) is 18.0. The SMILES string of the molecule is O=C(Cc1ccc[nH]1)NC1CCN(c2ccccc2C(F)(F)F)C1. The molecule has 0 radical (unpaired) electrons. The molecule has 0 bridgehead atoms. The first-order chi connectivity index (χ1) is 11.4. The largest absolute Gasteiger partial charge is 0.418 e. The van der Waals surface area contributed by atoms with Crippen LogP contribution < -0.4 is 10.2 Å². The van der Waals surface area contributed by atoms with E-state index in [4.69, 9.17) is 0 Å². The molecule has 1 saturated heterocycles. The second-order valence-electron chi connectivity index (χ2n) is 5.89. The molecular weight excluding hydrogens is 319 g/mol. The van der Waals surface area contributed by atoms with Gasteiger partial charge in [0.1, 0.15) is 0 Å². The Kier molecular flexibility index (Phi) is 4.51. The van der Waals surface area contributed by atoms with Crippen LogP contribution >= 0.6 is 0 Å². The third-order valence-electron chi connectivity index (χ3n) is 4.12. The molecule has 1 unspecified atom stereocenters. The number of nitrogens with zero attached hydrogens (tertiary/aromatic N) is 1. The summed E-state index contributed by atoms with van der Waals surface area (Å²) in [5.74, 6) is -0.131. The van der Waals surface area contributed by atoms with Crippen molar-refractivity contribution in [3.63, 3.8) is 0 Å². The third kappa shape index (κ3) is 3.72. The number of carbonyl (C=O) groups excluding carboxylic acids is 1. The molecule has 1 aromatic heterocycles. The van der Waals surface area contributed by atoms with Crippen LogP contribution in [0.4, 0.5) is 18.9 Å². The van der Waals surface area contributed by atoms with Crippen LogP contribution in [0.2, 0.25) is 0 Å². The number of aromatic nitrogens is 1. The van der Waals surface area contributed by atoms with E-state index in [9.17, 15) is 18.0 Å². The number of rotatable bonds is 4. The first-order valence-electron chi connectivity index (χ1n) is 7.76. The molecule has 1 aromatic carbocycles. The molecule has 1 atom stereocenters. The second kappa shape index (κ2) is 6.59. The van der Waals surface area contributed by atoms with Gasteiger partial charge in [0.15, 0.2) is 0 Å². The van der Waals surface area contributed by atoms with Gasteiger partial charge in [-0.25, -0.2) is 0 Å². The van der Waals surface area contributed by atoms with E-state index >= 15 is 0 Å². The lowest BCUT2D eigenvalue weighted by molar-refractivity contribution is -0.137. The van der Waals surface area contributed by atoms with Crippen LogP contribution in [-0.4, -0.2) is 30.0 Å². The van der Waals surface area contributed by atoms with E-state index in [0.717, 1.165) is 11.8 Å². The average molecular weight is 337 g/mol. The van der Waals surface area contributed by atoms with Crippen LogP contribution in [0.5, 0.6) is 0 Å². The number of aromatic amines is 1. The van der Waals surface area contributed by atoms with Gasteiger partial charge in [-0.15, -0.1) is 0 Å². The summed E-state index contributed by atoms with van der Waals surface area (Å²) in [6.07, 6.45) is -1.77. The summed E-state index contributed by atoms with van der Waals surface area (Å²) in [5, 5.41) is 2.89. The maximum Gasteiger partial charge on any atom is 0.418 e. The highest BCUT2D eigenvalue weighted by Crippen LogP contribution is 2.37. The van der Waals surface area contributed by atoms with Crippen LogP contribution in [0.25, 0.3) is 0 Å². The third-order valence-corrected chi connectivity index (χ3v) is 4.12. The van der Waals surface area contributed by atoms with Crippen molar-refractivity contribution in [1.29, 1.82) is 0 Å². The molecule has 2 aromatic rings. The molecule has 1 fully saturated rings. The van der Waals surface area contributed by atoms with Crippen molar-refractivity contribution in [3.8, 4) is 0 Å². The number of para-hydroxylation sites is 1. The monoisotopic (exact) mass is 337 g/mol. The van der Waals surface area contributed by atoms with Gasteiger partial charge in [0.25, 0.3) is 0 Å². The summed E-state index contributed by atoms with van der Waals surface area (Å²) in [7, 11) is 0. The Morgan fingerprint density at radius 2 is 2.04 bits per heavy atom. The first-order valence-corrected chi connectivity index (χ1v) is 7.76. The van der Waals surface area contributed by atoms with E-state index in [0.29, 0.717) is 19.5 Å². The van der Waals surface area contributed by atoms with Crippen LogP contribution in [-0.2, 0) is 17.4 Å². The van der Waals surface area contributed by atoms with Crippen LogP contribution in [0.15, 0.2) is 42.6 Å². The maximum absolute atomic E-state index is 13.1. The maximum atomic E-state index is 13.1. The van der Waals surface area contributed by atoms with Gasteiger partial charge < -0.3 is 15.2 Å². The minimum Gasteiger partial charge on any atom is -0.369 e. The quantitative estimate of drug-likeness (QED) is 0.901. The lowest BCUT2D eigenvalue weighted by Crippen LogP contribution is -2.38. The van der Waals surface area contributed by atoms with E-state index in [2.05, 4.69) is 10.3 Å². The number of amides is 1. The summed E-state index contributed by atoms with van der Waals surface area (Å²) in [6.45, 7) is 0.865. The number of carbonyl (C=O) groups is 1. The average Bonchev–Trinajstić information content (AvgIpc) is 3.18. The van der Waals surface area contributed by atoms with E-state index < -0.39 is 11.7 Å². The Balaban J connectivity index is 1.63. The van der Waals surface area contributed by atoms with E-state index in [1.54, 1.807) is 17.2 Å². The van der Waals surface area contributed by atoms with E-state index in [1.165, 1.54) is 12.1 Å². The van der Waals surface area contributed by atoms with Crippen molar-refractivity contribution < 1.29 is 18.0 Å². The van der Waals surface area contributed by atoms with Crippen LogP contribution in [0.1, 0.15) is 17.7 Å². The number of hydrogen-bond acceptors (Lipinski definition) is 2. The predicted molar refractivity (Wildman–Crippen MR) is 84.7 cm³/mol. The van der Waals surface area contributed by atoms with Crippen molar-refractivity contribution in [3.05, 3.63) is 53.9 Å². The smallest absolute Gasteiger partial charge is 0.369 e. The highest BCUT2D eigenvalue weighted by Gasteiger charge is 2.36. The predicted octanol–water partition coefficient (Wildman–Crippen LogP) is 2.97. The Labute approximate surface area is 137 Å². The molecule has 1 aliphatic heterocycles. The van der Waals surface area contributed by atoms with Gasteiger partial charge in [0, 0.05) is 36.7 Å².